The number of para-hydroxylation sites is 1. The van der Waals surface area contributed by atoms with Gasteiger partial charge in [-0.3, -0.25) is 9.59 Å². The molecular weight excluding hydrogens is 408 g/mol. The Morgan fingerprint density at radius 2 is 1.77 bits per heavy atom. The van der Waals surface area contributed by atoms with E-state index in [1.807, 2.05) is 0 Å². The van der Waals surface area contributed by atoms with Gasteiger partial charge in [0, 0.05) is 11.8 Å². The molecule has 0 aliphatic heterocycles. The predicted molar refractivity (Wildman–Crippen MR) is 106 cm³/mol. The van der Waals surface area contributed by atoms with Gasteiger partial charge in [-0.25, -0.2) is 13.5 Å². The first kappa shape index (κ1) is 20.0. The fourth-order valence-electron chi connectivity index (χ4n) is 2.96. The maximum Gasteiger partial charge on any atom is 0.280 e. The van der Waals surface area contributed by atoms with Crippen LogP contribution in [0.2, 0.25) is 0 Å². The Morgan fingerprint density at radius 3 is 2.48 bits per heavy atom. The van der Waals surface area contributed by atoms with Gasteiger partial charge in [0.2, 0.25) is 5.43 Å². The molecule has 1 N–H and O–H groups in total. The van der Waals surface area contributed by atoms with Gasteiger partial charge in [0.15, 0.2) is 11.5 Å². The van der Waals surface area contributed by atoms with Crippen LogP contribution in [0, 0.1) is 25.5 Å². The summed E-state index contributed by atoms with van der Waals surface area (Å²) in [7, 11) is 0. The second kappa shape index (κ2) is 7.86. The number of rotatable bonds is 4. The quantitative estimate of drug-likeness (QED) is 0.540. The van der Waals surface area contributed by atoms with Gasteiger partial charge in [0.25, 0.3) is 5.91 Å². The molecule has 2 heterocycles. The second-order valence-electron chi connectivity index (χ2n) is 6.62. The average molecular weight is 423 g/mol. The summed E-state index contributed by atoms with van der Waals surface area (Å²) in [6.07, 6.45) is 0. The number of nitrogens with one attached hydrogen (secondary N) is 1. The van der Waals surface area contributed by atoms with Gasteiger partial charge in [-0.05, 0) is 54.6 Å². The van der Waals surface area contributed by atoms with Gasteiger partial charge < -0.3 is 5.32 Å². The Kier molecular flexibility index (Phi) is 5.07. The summed E-state index contributed by atoms with van der Waals surface area (Å²) in [6, 6.07) is 10.8. The van der Waals surface area contributed by atoms with Crippen molar-refractivity contribution < 1.29 is 13.6 Å². The van der Waals surface area contributed by atoms with Crippen LogP contribution in [0.1, 0.15) is 22.0 Å². The number of benzene rings is 2. The number of hydrogen-bond donors (Lipinski definition) is 1. The van der Waals surface area contributed by atoms with Crippen molar-refractivity contribution in [1.29, 1.82) is 0 Å². The number of nitrogens with zero attached hydrogens (tertiary/aromatic N) is 6. The number of halogens is 2. The highest BCUT2D eigenvalue weighted by atomic mass is 19.1. The largest absolute Gasteiger partial charge is 0.318 e. The van der Waals surface area contributed by atoms with E-state index in [-0.39, 0.29) is 11.4 Å². The smallest absolute Gasteiger partial charge is 0.280 e. The summed E-state index contributed by atoms with van der Waals surface area (Å²) in [6.45, 7) is 3.21. The molecule has 0 atom stereocenters. The molecule has 0 fully saturated rings. The molecule has 31 heavy (non-hydrogen) atoms. The highest BCUT2D eigenvalue weighted by Gasteiger charge is 2.19. The summed E-state index contributed by atoms with van der Waals surface area (Å²) in [4.78, 5) is 25.1. The molecule has 0 aliphatic carbocycles. The second-order valence-corrected chi connectivity index (χ2v) is 6.62. The Bertz CT molecular complexity index is 1360. The van der Waals surface area contributed by atoms with Crippen LogP contribution in [-0.4, -0.2) is 35.9 Å². The third kappa shape index (κ3) is 3.80. The normalized spacial score (nSPS) is 10.8. The number of carbonyl (C=O) groups excluding carboxylic acids is 1. The molecule has 4 rings (SSSR count). The molecular formula is C20H15F2N7O2. The van der Waals surface area contributed by atoms with Crippen LogP contribution in [0.25, 0.3) is 11.4 Å². The lowest BCUT2D eigenvalue weighted by Gasteiger charge is -2.12. The van der Waals surface area contributed by atoms with Gasteiger partial charge in [-0.1, -0.05) is 12.1 Å². The van der Waals surface area contributed by atoms with E-state index in [4.69, 9.17) is 0 Å². The van der Waals surface area contributed by atoms with Crippen molar-refractivity contribution in [3.8, 4) is 11.4 Å². The van der Waals surface area contributed by atoms with E-state index in [9.17, 15) is 18.4 Å². The molecule has 156 valence electrons. The zero-order valence-corrected chi connectivity index (χ0v) is 16.4. The van der Waals surface area contributed by atoms with Crippen LogP contribution in [0.5, 0.6) is 0 Å². The number of hydrogen-bond acceptors (Lipinski definition) is 6. The van der Waals surface area contributed by atoms with Gasteiger partial charge in [0.1, 0.15) is 17.3 Å². The van der Waals surface area contributed by atoms with Crippen molar-refractivity contribution in [3.05, 3.63) is 87.6 Å². The van der Waals surface area contributed by atoms with Crippen molar-refractivity contribution in [2.24, 2.45) is 0 Å². The predicted octanol–water partition coefficient (Wildman–Crippen LogP) is 2.36. The van der Waals surface area contributed by atoms with Crippen molar-refractivity contribution >= 4 is 11.6 Å². The number of anilines is 1. The van der Waals surface area contributed by atoms with E-state index >= 15 is 0 Å². The van der Waals surface area contributed by atoms with Crippen LogP contribution in [0.3, 0.4) is 0 Å². The molecule has 0 bridgehead atoms. The SMILES string of the molecule is Cc1cc(=O)c(C(=O)Nc2cc(-n3nnnc3C)ccc2F)nn1-c1ccccc1F. The minimum absolute atomic E-state index is 0.0661. The molecule has 4 aromatic rings. The fraction of sp³-hybridized carbons (Fsp3) is 0.100. The Labute approximate surface area is 174 Å². The van der Waals surface area contributed by atoms with Gasteiger partial charge in [-0.15, -0.1) is 5.10 Å². The van der Waals surface area contributed by atoms with Crippen LogP contribution in [0.4, 0.5) is 14.5 Å². The summed E-state index contributed by atoms with van der Waals surface area (Å²) in [5.41, 5.74) is -0.602. The zero-order chi connectivity index (χ0) is 22.1. The van der Waals surface area contributed by atoms with E-state index in [2.05, 4.69) is 25.9 Å². The zero-order valence-electron chi connectivity index (χ0n) is 16.4. The van der Waals surface area contributed by atoms with E-state index in [1.165, 1.54) is 35.0 Å². The first-order valence-electron chi connectivity index (χ1n) is 9.07. The van der Waals surface area contributed by atoms with Crippen molar-refractivity contribution in [1.82, 2.24) is 30.0 Å². The summed E-state index contributed by atoms with van der Waals surface area (Å²) in [5, 5.41) is 17.4. The Balaban J connectivity index is 1.71. The number of amides is 1. The minimum Gasteiger partial charge on any atom is -0.318 e. The minimum atomic E-state index is -0.945. The molecule has 2 aromatic heterocycles. The van der Waals surface area contributed by atoms with Crippen LogP contribution in [-0.2, 0) is 0 Å². The van der Waals surface area contributed by atoms with E-state index < -0.39 is 28.7 Å². The maximum absolute atomic E-state index is 14.3. The van der Waals surface area contributed by atoms with Crippen molar-refractivity contribution in [3.63, 3.8) is 0 Å². The monoisotopic (exact) mass is 423 g/mol. The summed E-state index contributed by atoms with van der Waals surface area (Å²) >= 11 is 0. The summed E-state index contributed by atoms with van der Waals surface area (Å²) < 4.78 is 31.0. The number of aromatic nitrogens is 6. The molecule has 0 spiro atoms. The lowest BCUT2D eigenvalue weighted by atomic mass is 10.2. The average Bonchev–Trinajstić information content (AvgIpc) is 3.16. The topological polar surface area (TPSA) is 108 Å². The first-order chi connectivity index (χ1) is 14.8. The Morgan fingerprint density at radius 1 is 1.00 bits per heavy atom. The highest BCUT2D eigenvalue weighted by molar-refractivity contribution is 6.02. The van der Waals surface area contributed by atoms with Gasteiger partial charge in [0.05, 0.1) is 11.4 Å². The number of tetrazole rings is 1. The summed E-state index contributed by atoms with van der Waals surface area (Å²) in [5.74, 6) is -1.80. The van der Waals surface area contributed by atoms with Crippen LogP contribution < -0.4 is 10.7 Å². The molecule has 9 nitrogen and oxygen atoms in total. The number of carbonyl (C=O) groups is 1. The lowest BCUT2D eigenvalue weighted by Crippen LogP contribution is -2.27. The van der Waals surface area contributed by atoms with Crippen LogP contribution in [0.15, 0.2) is 53.3 Å². The fourth-order valence-corrected chi connectivity index (χ4v) is 2.96. The van der Waals surface area contributed by atoms with E-state index in [0.717, 1.165) is 16.8 Å². The first-order valence-corrected chi connectivity index (χ1v) is 9.07. The molecule has 1 amide bonds. The number of aryl methyl sites for hydroxylation is 2. The van der Waals surface area contributed by atoms with Crippen molar-refractivity contribution in [2.45, 2.75) is 13.8 Å². The maximum atomic E-state index is 14.3. The molecule has 0 radical (unpaired) electrons. The third-order valence-corrected chi connectivity index (χ3v) is 4.47. The lowest BCUT2D eigenvalue weighted by molar-refractivity contribution is 0.101. The highest BCUT2D eigenvalue weighted by Crippen LogP contribution is 2.20. The van der Waals surface area contributed by atoms with Crippen LogP contribution >= 0.6 is 0 Å². The molecule has 0 saturated heterocycles. The Hall–Kier alpha value is -4.28. The molecule has 11 heteroatoms. The van der Waals surface area contributed by atoms with Gasteiger partial charge >= 0.3 is 0 Å². The molecule has 2 aromatic carbocycles. The standard InChI is InChI=1S/C20H15F2N7O2/c1-11-9-18(30)19(25-28(11)17-6-4-3-5-15(17)22)20(31)23-16-10-13(7-8-14(16)21)29-12(2)24-26-27-29/h3-10H,1-2H3,(H,23,31). The molecule has 0 unspecified atom stereocenters. The molecule has 0 saturated carbocycles. The van der Waals surface area contributed by atoms with E-state index in [0.29, 0.717) is 17.2 Å². The van der Waals surface area contributed by atoms with Crippen molar-refractivity contribution in [2.75, 3.05) is 5.32 Å². The molecule has 0 aliphatic rings. The van der Waals surface area contributed by atoms with E-state index in [1.54, 1.807) is 19.9 Å². The van der Waals surface area contributed by atoms with Gasteiger partial charge in [-0.2, -0.15) is 9.78 Å². The third-order valence-electron chi connectivity index (χ3n) is 4.47.